The van der Waals surface area contributed by atoms with E-state index in [1.807, 2.05) is 24.3 Å². The SMILES string of the molecule is CC(C)[C@H](NC(=O)c1ccccc1[Se][Se]c1ccccc1C(=O)N[C@H](C(=O)O)C(C)C)C(=O)O. The molecule has 2 atom stereocenters. The fourth-order valence-electron chi connectivity index (χ4n) is 3.01. The molecule has 34 heavy (non-hydrogen) atoms. The van der Waals surface area contributed by atoms with Crippen LogP contribution >= 0.6 is 0 Å². The average Bonchev–Trinajstić information content (AvgIpc) is 2.78. The van der Waals surface area contributed by atoms with Crippen LogP contribution in [0.3, 0.4) is 0 Å². The zero-order valence-corrected chi connectivity index (χ0v) is 22.7. The Morgan fingerprint density at radius 3 is 1.26 bits per heavy atom. The van der Waals surface area contributed by atoms with Gasteiger partial charge in [0.1, 0.15) is 0 Å². The summed E-state index contributed by atoms with van der Waals surface area (Å²) in [7, 11) is 0. The third-order valence-electron chi connectivity index (χ3n) is 4.92. The van der Waals surface area contributed by atoms with Crippen LogP contribution < -0.4 is 19.6 Å². The third kappa shape index (κ3) is 7.43. The Morgan fingerprint density at radius 2 is 0.971 bits per heavy atom. The number of aliphatic carboxylic acids is 2. The molecule has 0 radical (unpaired) electrons. The Bertz CT molecular complexity index is 974. The molecule has 2 amide bonds. The van der Waals surface area contributed by atoms with Gasteiger partial charge in [0.05, 0.1) is 0 Å². The topological polar surface area (TPSA) is 133 Å². The Kier molecular flexibility index (Phi) is 10.3. The van der Waals surface area contributed by atoms with Crippen LogP contribution in [-0.2, 0) is 9.59 Å². The molecule has 0 aliphatic carbocycles. The van der Waals surface area contributed by atoms with Crippen LogP contribution in [0.5, 0.6) is 0 Å². The Labute approximate surface area is 209 Å². The molecule has 0 saturated carbocycles. The number of hydrogen-bond donors (Lipinski definition) is 4. The fraction of sp³-hybridized carbons (Fsp3) is 0.333. The average molecular weight is 598 g/mol. The van der Waals surface area contributed by atoms with Crippen molar-refractivity contribution >= 4 is 58.9 Å². The van der Waals surface area contributed by atoms with Crippen molar-refractivity contribution in [2.24, 2.45) is 11.8 Å². The standard InChI is InChI=1S/C24H28N2O6Se2/c1-13(2)19(23(29)30)25-21(27)15-9-5-7-11-17(15)33-34-18-12-8-6-10-16(18)22(28)26-20(14(3)4)24(31)32/h5-14,19-20H,1-4H3,(H,25,27)(H,26,28)(H,29,30)(H,31,32)/t19-,20-/m0/s1. The molecule has 4 N–H and O–H groups in total. The minimum absolute atomic E-state index is 0.182. The molecule has 0 heterocycles. The molecule has 0 bridgehead atoms. The van der Waals surface area contributed by atoms with E-state index in [1.165, 1.54) is 0 Å². The summed E-state index contributed by atoms with van der Waals surface area (Å²) in [4.78, 5) is 48.7. The first-order chi connectivity index (χ1) is 16.0. The van der Waals surface area contributed by atoms with Gasteiger partial charge >= 0.3 is 210 Å². The van der Waals surface area contributed by atoms with Gasteiger partial charge in [0, 0.05) is 0 Å². The first-order valence-corrected chi connectivity index (χ1v) is 16.7. The Hall–Kier alpha value is -2.64. The quantitative estimate of drug-likeness (QED) is 0.281. The molecule has 2 aromatic carbocycles. The number of carbonyl (C=O) groups excluding carboxylic acids is 2. The van der Waals surface area contributed by atoms with Gasteiger partial charge in [0.2, 0.25) is 0 Å². The first kappa shape index (κ1) is 27.6. The van der Waals surface area contributed by atoms with E-state index >= 15 is 0 Å². The molecule has 0 spiro atoms. The molecule has 182 valence electrons. The Morgan fingerprint density at radius 1 is 0.647 bits per heavy atom. The van der Waals surface area contributed by atoms with Crippen molar-refractivity contribution in [3.63, 3.8) is 0 Å². The summed E-state index contributed by atoms with van der Waals surface area (Å²) in [5, 5.41) is 24.0. The second-order valence-electron chi connectivity index (χ2n) is 8.23. The van der Waals surface area contributed by atoms with Crippen LogP contribution in [0.15, 0.2) is 48.5 Å². The molecule has 0 fully saturated rings. The van der Waals surface area contributed by atoms with Crippen molar-refractivity contribution in [1.29, 1.82) is 0 Å². The zero-order chi connectivity index (χ0) is 25.4. The minimum atomic E-state index is -1.09. The predicted octanol–water partition coefficient (Wildman–Crippen LogP) is 0.639. The number of amides is 2. The van der Waals surface area contributed by atoms with Gasteiger partial charge in [-0.2, -0.15) is 0 Å². The molecule has 0 aromatic heterocycles. The number of nitrogens with one attached hydrogen (secondary N) is 2. The van der Waals surface area contributed by atoms with Gasteiger partial charge in [-0.05, 0) is 0 Å². The van der Waals surface area contributed by atoms with Crippen molar-refractivity contribution in [2.75, 3.05) is 0 Å². The van der Waals surface area contributed by atoms with Crippen LogP contribution in [0.1, 0.15) is 48.4 Å². The van der Waals surface area contributed by atoms with E-state index in [1.54, 1.807) is 52.0 Å². The maximum atomic E-state index is 12.8. The van der Waals surface area contributed by atoms with E-state index < -0.39 is 35.8 Å². The van der Waals surface area contributed by atoms with Crippen molar-refractivity contribution in [3.05, 3.63) is 59.7 Å². The van der Waals surface area contributed by atoms with Crippen molar-refractivity contribution in [2.45, 2.75) is 39.8 Å². The van der Waals surface area contributed by atoms with Gasteiger partial charge < -0.3 is 0 Å². The molecular formula is C24H28N2O6Se2. The fourth-order valence-corrected chi connectivity index (χ4v) is 10.1. The molecule has 0 aliphatic heterocycles. The normalized spacial score (nSPS) is 12.8. The van der Waals surface area contributed by atoms with Crippen LogP contribution in [0, 0.1) is 11.8 Å². The molecule has 10 heteroatoms. The van der Waals surface area contributed by atoms with E-state index in [-0.39, 0.29) is 38.1 Å². The van der Waals surface area contributed by atoms with Gasteiger partial charge in [0.15, 0.2) is 0 Å². The molecule has 2 aromatic rings. The second kappa shape index (κ2) is 12.7. The number of benzene rings is 2. The third-order valence-corrected chi connectivity index (χ3v) is 12.2. The van der Waals surface area contributed by atoms with E-state index in [2.05, 4.69) is 10.6 Å². The van der Waals surface area contributed by atoms with Crippen molar-refractivity contribution in [1.82, 2.24) is 10.6 Å². The summed E-state index contributed by atoms with van der Waals surface area (Å²) in [5.74, 6) is -3.60. The number of rotatable bonds is 11. The second-order valence-corrected chi connectivity index (χ2v) is 14.4. The summed E-state index contributed by atoms with van der Waals surface area (Å²) in [6.45, 7) is 6.92. The molecule has 0 aliphatic rings. The van der Waals surface area contributed by atoms with Crippen LogP contribution in [0.4, 0.5) is 0 Å². The van der Waals surface area contributed by atoms with Crippen LogP contribution in [0.25, 0.3) is 0 Å². The predicted molar refractivity (Wildman–Crippen MR) is 131 cm³/mol. The van der Waals surface area contributed by atoms with Crippen molar-refractivity contribution < 1.29 is 29.4 Å². The van der Waals surface area contributed by atoms with E-state index in [4.69, 9.17) is 0 Å². The monoisotopic (exact) mass is 600 g/mol. The van der Waals surface area contributed by atoms with E-state index in [0.29, 0.717) is 11.1 Å². The maximum absolute atomic E-state index is 12.8. The summed E-state index contributed by atoms with van der Waals surface area (Å²) in [6, 6.07) is 12.1. The van der Waals surface area contributed by atoms with Gasteiger partial charge in [-0.25, -0.2) is 0 Å². The van der Waals surface area contributed by atoms with E-state index in [9.17, 15) is 29.4 Å². The van der Waals surface area contributed by atoms with E-state index in [0.717, 1.165) is 8.92 Å². The first-order valence-electron chi connectivity index (χ1n) is 10.6. The summed E-state index contributed by atoms with van der Waals surface area (Å²) >= 11 is -0.365. The van der Waals surface area contributed by atoms with Gasteiger partial charge in [-0.3, -0.25) is 0 Å². The number of carbonyl (C=O) groups is 4. The van der Waals surface area contributed by atoms with Gasteiger partial charge in [-0.1, -0.05) is 0 Å². The summed E-state index contributed by atoms with van der Waals surface area (Å²) in [6.07, 6.45) is 0. The van der Waals surface area contributed by atoms with Crippen LogP contribution in [-0.4, -0.2) is 72.3 Å². The van der Waals surface area contributed by atoms with Gasteiger partial charge in [0.25, 0.3) is 0 Å². The van der Waals surface area contributed by atoms with Crippen molar-refractivity contribution in [3.8, 4) is 0 Å². The summed E-state index contributed by atoms with van der Waals surface area (Å²) in [5.41, 5.74) is 0.841. The number of carboxylic acids is 2. The zero-order valence-electron chi connectivity index (χ0n) is 19.3. The number of hydrogen-bond acceptors (Lipinski definition) is 4. The van der Waals surface area contributed by atoms with Crippen LogP contribution in [0.2, 0.25) is 0 Å². The molecular weight excluding hydrogens is 570 g/mol. The Balaban J connectivity index is 2.21. The molecule has 8 nitrogen and oxygen atoms in total. The van der Waals surface area contributed by atoms with Gasteiger partial charge in [-0.15, -0.1) is 0 Å². The number of carboxylic acid groups (broad SMARTS) is 2. The molecule has 2 rings (SSSR count). The molecule has 0 saturated heterocycles. The summed E-state index contributed by atoms with van der Waals surface area (Å²) < 4.78 is 1.61. The molecule has 0 unspecified atom stereocenters.